The summed E-state index contributed by atoms with van der Waals surface area (Å²) in [6, 6.07) is 18.8. The van der Waals surface area contributed by atoms with E-state index in [9.17, 15) is 9.59 Å². The fraction of sp³-hybridized carbons (Fsp3) is 0.111. The predicted octanol–water partition coefficient (Wildman–Crippen LogP) is 3.06. The first-order chi connectivity index (χ1) is 11.2. The van der Waals surface area contributed by atoms with Gasteiger partial charge in [0, 0.05) is 23.4 Å². The van der Waals surface area contributed by atoms with Gasteiger partial charge in [0.15, 0.2) is 0 Å². The largest absolute Gasteiger partial charge is 0.350 e. The van der Waals surface area contributed by atoms with Gasteiger partial charge in [-0.3, -0.25) is 9.59 Å². The van der Waals surface area contributed by atoms with Crippen molar-refractivity contribution in [3.8, 4) is 0 Å². The minimum atomic E-state index is -0.137. The summed E-state index contributed by atoms with van der Waals surface area (Å²) in [6.07, 6.45) is 0. The Labute approximate surface area is 138 Å². The molecule has 1 aromatic heterocycles. The van der Waals surface area contributed by atoms with Crippen molar-refractivity contribution in [2.75, 3.05) is 13.1 Å². The zero-order valence-corrected chi connectivity index (χ0v) is 13.2. The minimum Gasteiger partial charge on any atom is -0.350 e. The van der Waals surface area contributed by atoms with Crippen LogP contribution in [0.5, 0.6) is 0 Å². The Morgan fingerprint density at radius 3 is 2.22 bits per heavy atom. The molecule has 0 aliphatic rings. The van der Waals surface area contributed by atoms with Crippen LogP contribution in [0.2, 0.25) is 0 Å². The van der Waals surface area contributed by atoms with Crippen molar-refractivity contribution >= 4 is 33.2 Å². The maximum Gasteiger partial charge on any atom is 0.261 e. The van der Waals surface area contributed by atoms with Crippen LogP contribution >= 0.6 is 11.3 Å². The number of hydrogen-bond acceptors (Lipinski definition) is 3. The van der Waals surface area contributed by atoms with Crippen LogP contribution in [0.4, 0.5) is 0 Å². The van der Waals surface area contributed by atoms with Crippen molar-refractivity contribution in [2.45, 2.75) is 0 Å². The predicted molar refractivity (Wildman–Crippen MR) is 92.9 cm³/mol. The molecule has 2 amide bonds. The van der Waals surface area contributed by atoms with Crippen molar-refractivity contribution < 1.29 is 9.59 Å². The molecule has 1 heterocycles. The Morgan fingerprint density at radius 1 is 0.826 bits per heavy atom. The van der Waals surface area contributed by atoms with E-state index < -0.39 is 0 Å². The van der Waals surface area contributed by atoms with Crippen molar-refractivity contribution in [3.63, 3.8) is 0 Å². The molecule has 3 aromatic rings. The molecule has 5 heteroatoms. The first-order valence-corrected chi connectivity index (χ1v) is 8.16. The van der Waals surface area contributed by atoms with Crippen molar-refractivity contribution in [1.29, 1.82) is 0 Å². The van der Waals surface area contributed by atoms with Gasteiger partial charge in [0.25, 0.3) is 11.8 Å². The summed E-state index contributed by atoms with van der Waals surface area (Å²) in [5.74, 6) is -0.248. The average molecular weight is 324 g/mol. The van der Waals surface area contributed by atoms with E-state index >= 15 is 0 Å². The average Bonchev–Trinajstić information content (AvgIpc) is 3.03. The normalized spacial score (nSPS) is 10.4. The topological polar surface area (TPSA) is 58.2 Å². The zero-order valence-electron chi connectivity index (χ0n) is 12.4. The Hall–Kier alpha value is -2.66. The molecule has 0 saturated heterocycles. The second kappa shape index (κ2) is 7.07. The Morgan fingerprint density at radius 2 is 1.48 bits per heavy atom. The lowest BCUT2D eigenvalue weighted by Crippen LogP contribution is -2.34. The highest BCUT2D eigenvalue weighted by Gasteiger charge is 2.09. The molecule has 0 saturated carbocycles. The summed E-state index contributed by atoms with van der Waals surface area (Å²) in [5, 5.41) is 6.68. The van der Waals surface area contributed by atoms with Gasteiger partial charge in [0.05, 0.1) is 4.88 Å². The molecule has 2 N–H and O–H groups in total. The number of rotatable bonds is 5. The molecule has 3 rings (SSSR count). The SMILES string of the molecule is O=C(NCCNC(=O)c1cc2ccccc2s1)c1ccccc1. The van der Waals surface area contributed by atoms with E-state index in [2.05, 4.69) is 10.6 Å². The third-order valence-electron chi connectivity index (χ3n) is 3.38. The van der Waals surface area contributed by atoms with Crippen LogP contribution in [0.1, 0.15) is 20.0 Å². The fourth-order valence-corrected chi connectivity index (χ4v) is 3.20. The maximum atomic E-state index is 12.1. The van der Waals surface area contributed by atoms with E-state index in [1.165, 1.54) is 11.3 Å². The molecule has 0 aliphatic heterocycles. The molecule has 116 valence electrons. The van der Waals surface area contributed by atoms with Crippen LogP contribution in [0, 0.1) is 0 Å². The number of carbonyl (C=O) groups is 2. The quantitative estimate of drug-likeness (QED) is 0.709. The first-order valence-electron chi connectivity index (χ1n) is 7.34. The van der Waals surface area contributed by atoms with Gasteiger partial charge in [-0.15, -0.1) is 11.3 Å². The van der Waals surface area contributed by atoms with Gasteiger partial charge in [-0.05, 0) is 29.7 Å². The van der Waals surface area contributed by atoms with Gasteiger partial charge in [-0.25, -0.2) is 0 Å². The highest BCUT2D eigenvalue weighted by molar-refractivity contribution is 7.20. The second-order valence-corrected chi connectivity index (χ2v) is 6.11. The number of thiophene rings is 1. The number of amides is 2. The Kier molecular flexibility index (Phi) is 4.68. The highest BCUT2D eigenvalue weighted by Crippen LogP contribution is 2.24. The molecule has 0 bridgehead atoms. The number of benzene rings is 2. The Balaban J connectivity index is 1.49. The molecule has 2 aromatic carbocycles. The van der Waals surface area contributed by atoms with Gasteiger partial charge < -0.3 is 10.6 Å². The number of fused-ring (bicyclic) bond motifs is 1. The molecule has 0 aliphatic carbocycles. The molecule has 0 unspecified atom stereocenters. The van der Waals surface area contributed by atoms with Crippen LogP contribution < -0.4 is 10.6 Å². The Bertz CT molecular complexity index is 794. The molecular weight excluding hydrogens is 308 g/mol. The number of carbonyl (C=O) groups excluding carboxylic acids is 2. The lowest BCUT2D eigenvalue weighted by molar-refractivity contribution is 0.0929. The van der Waals surface area contributed by atoms with Crippen LogP contribution in [-0.2, 0) is 0 Å². The summed E-state index contributed by atoms with van der Waals surface area (Å²) in [6.45, 7) is 0.788. The number of hydrogen-bond donors (Lipinski definition) is 2. The fourth-order valence-electron chi connectivity index (χ4n) is 2.22. The van der Waals surface area contributed by atoms with Crippen molar-refractivity contribution in [2.24, 2.45) is 0 Å². The monoisotopic (exact) mass is 324 g/mol. The van der Waals surface area contributed by atoms with E-state index in [1.54, 1.807) is 12.1 Å². The standard InChI is InChI=1S/C18H16N2O2S/c21-17(13-6-2-1-3-7-13)19-10-11-20-18(22)16-12-14-8-4-5-9-15(14)23-16/h1-9,12H,10-11H2,(H,19,21)(H,20,22). The highest BCUT2D eigenvalue weighted by atomic mass is 32.1. The van der Waals surface area contributed by atoms with Gasteiger partial charge in [-0.2, -0.15) is 0 Å². The van der Waals surface area contributed by atoms with E-state index in [1.807, 2.05) is 48.5 Å². The van der Waals surface area contributed by atoms with E-state index in [0.717, 1.165) is 10.1 Å². The van der Waals surface area contributed by atoms with Crippen molar-refractivity contribution in [3.05, 3.63) is 71.1 Å². The summed E-state index contributed by atoms with van der Waals surface area (Å²) in [4.78, 5) is 24.7. The lowest BCUT2D eigenvalue weighted by Gasteiger charge is -2.06. The van der Waals surface area contributed by atoms with Crippen LogP contribution in [0.3, 0.4) is 0 Å². The minimum absolute atomic E-state index is 0.111. The molecular formula is C18H16N2O2S. The first kappa shape index (κ1) is 15.2. The molecule has 4 nitrogen and oxygen atoms in total. The van der Waals surface area contributed by atoms with E-state index in [-0.39, 0.29) is 11.8 Å². The summed E-state index contributed by atoms with van der Waals surface area (Å²) in [7, 11) is 0. The summed E-state index contributed by atoms with van der Waals surface area (Å²) < 4.78 is 1.09. The molecule has 0 radical (unpaired) electrons. The van der Waals surface area contributed by atoms with Crippen LogP contribution in [0.25, 0.3) is 10.1 Å². The zero-order chi connectivity index (χ0) is 16.1. The summed E-state index contributed by atoms with van der Waals surface area (Å²) >= 11 is 1.47. The van der Waals surface area contributed by atoms with Crippen molar-refractivity contribution in [1.82, 2.24) is 10.6 Å². The van der Waals surface area contributed by atoms with E-state index in [0.29, 0.717) is 23.5 Å². The smallest absolute Gasteiger partial charge is 0.261 e. The third kappa shape index (κ3) is 3.76. The molecule has 0 spiro atoms. The van der Waals surface area contributed by atoms with Gasteiger partial charge in [0.1, 0.15) is 0 Å². The molecule has 23 heavy (non-hydrogen) atoms. The van der Waals surface area contributed by atoms with Gasteiger partial charge in [0.2, 0.25) is 0 Å². The summed E-state index contributed by atoms with van der Waals surface area (Å²) in [5.41, 5.74) is 0.614. The van der Waals surface area contributed by atoms with Gasteiger partial charge >= 0.3 is 0 Å². The third-order valence-corrected chi connectivity index (χ3v) is 4.50. The lowest BCUT2D eigenvalue weighted by atomic mass is 10.2. The van der Waals surface area contributed by atoms with E-state index in [4.69, 9.17) is 0 Å². The number of nitrogens with one attached hydrogen (secondary N) is 2. The molecule has 0 atom stereocenters. The van der Waals surface area contributed by atoms with Crippen LogP contribution in [-0.4, -0.2) is 24.9 Å². The van der Waals surface area contributed by atoms with Crippen LogP contribution in [0.15, 0.2) is 60.7 Å². The molecule has 0 fully saturated rings. The van der Waals surface area contributed by atoms with Gasteiger partial charge in [-0.1, -0.05) is 36.4 Å². The second-order valence-electron chi connectivity index (χ2n) is 5.03. The maximum absolute atomic E-state index is 12.1.